The highest BCUT2D eigenvalue weighted by molar-refractivity contribution is 7.92. The van der Waals surface area contributed by atoms with Gasteiger partial charge in [0, 0.05) is 23.6 Å². The molecule has 0 atom stereocenters. The van der Waals surface area contributed by atoms with Gasteiger partial charge in [-0.3, -0.25) is 19.1 Å². The average molecular weight is 453 g/mol. The normalized spacial score (nSPS) is 12.7. The van der Waals surface area contributed by atoms with Gasteiger partial charge in [-0.1, -0.05) is 36.4 Å². The molecule has 0 bridgehead atoms. The highest BCUT2D eigenvalue weighted by atomic mass is 32.2. The van der Waals surface area contributed by atoms with E-state index < -0.39 is 55.2 Å². The van der Waals surface area contributed by atoms with E-state index in [2.05, 4.69) is 4.72 Å². The molecule has 32 heavy (non-hydrogen) atoms. The summed E-state index contributed by atoms with van der Waals surface area (Å²) in [5.41, 5.74) is -1.07. The molecule has 3 N–H and O–H groups in total. The number of ketones is 2. The van der Waals surface area contributed by atoms with Gasteiger partial charge >= 0.3 is 5.97 Å². The molecule has 0 amide bonds. The number of hydrogen-bond acceptors (Lipinski definition) is 8. The Labute approximate surface area is 181 Å². The fourth-order valence-electron chi connectivity index (χ4n) is 3.42. The molecule has 162 valence electrons. The van der Waals surface area contributed by atoms with E-state index in [1.54, 1.807) is 12.1 Å². The van der Waals surface area contributed by atoms with Gasteiger partial charge < -0.3 is 14.9 Å². The highest BCUT2D eigenvalue weighted by Gasteiger charge is 2.35. The number of carbonyl (C=O) groups is 3. The molecule has 0 heterocycles. The number of phenolic OH excluding ortho intramolecular Hbond substituents is 2. The topological polar surface area (TPSA) is 147 Å². The quantitative estimate of drug-likeness (QED) is 0.243. The molecule has 4 rings (SSSR count). The molecule has 10 heteroatoms. The fourth-order valence-corrected chi connectivity index (χ4v) is 4.60. The van der Waals surface area contributed by atoms with Gasteiger partial charge in [-0.2, -0.15) is 0 Å². The zero-order chi connectivity index (χ0) is 23.2. The number of para-hydroxylation sites is 1. The van der Waals surface area contributed by atoms with Gasteiger partial charge in [0.1, 0.15) is 4.90 Å². The zero-order valence-corrected chi connectivity index (χ0v) is 17.3. The maximum Gasteiger partial charge on any atom is 0.308 e. The average Bonchev–Trinajstić information content (AvgIpc) is 2.75. The number of carbonyl (C=O) groups excluding carboxylic acids is 3. The highest BCUT2D eigenvalue weighted by Crippen LogP contribution is 2.43. The molecule has 3 aromatic rings. The fraction of sp³-hybridized carbons (Fsp3) is 0.0455. The summed E-state index contributed by atoms with van der Waals surface area (Å²) in [7, 11) is -4.44. The Bertz CT molecular complexity index is 1430. The van der Waals surface area contributed by atoms with E-state index in [-0.39, 0.29) is 22.4 Å². The molecular weight excluding hydrogens is 438 g/mol. The third-order valence-corrected chi connectivity index (χ3v) is 6.20. The lowest BCUT2D eigenvalue weighted by molar-refractivity contribution is -0.132. The van der Waals surface area contributed by atoms with E-state index in [0.717, 1.165) is 13.0 Å². The summed E-state index contributed by atoms with van der Waals surface area (Å²) in [5.74, 6) is -4.16. The Kier molecular flexibility index (Phi) is 4.94. The monoisotopic (exact) mass is 453 g/mol. The van der Waals surface area contributed by atoms with Crippen molar-refractivity contribution in [3.05, 3.63) is 76.9 Å². The number of phenols is 2. The van der Waals surface area contributed by atoms with Crippen molar-refractivity contribution in [2.24, 2.45) is 0 Å². The van der Waals surface area contributed by atoms with Crippen molar-refractivity contribution in [3.63, 3.8) is 0 Å². The predicted octanol–water partition coefficient (Wildman–Crippen LogP) is 2.60. The number of rotatable bonds is 4. The number of hydrogen-bond donors (Lipinski definition) is 3. The van der Waals surface area contributed by atoms with Crippen LogP contribution in [0.15, 0.2) is 59.5 Å². The zero-order valence-electron chi connectivity index (χ0n) is 16.4. The summed E-state index contributed by atoms with van der Waals surface area (Å²) in [4.78, 5) is 36.6. The van der Waals surface area contributed by atoms with Crippen LogP contribution >= 0.6 is 0 Å². The van der Waals surface area contributed by atoms with Crippen molar-refractivity contribution in [3.8, 4) is 17.2 Å². The summed E-state index contributed by atoms with van der Waals surface area (Å²) in [6, 6.07) is 12.2. The molecule has 3 aromatic carbocycles. The first-order valence-electron chi connectivity index (χ1n) is 9.19. The van der Waals surface area contributed by atoms with Crippen molar-refractivity contribution in [1.82, 2.24) is 0 Å². The smallest absolute Gasteiger partial charge is 0.308 e. The number of benzene rings is 3. The summed E-state index contributed by atoms with van der Waals surface area (Å²) >= 11 is 0. The summed E-state index contributed by atoms with van der Waals surface area (Å²) in [5, 5.41) is 20.9. The molecule has 1 aliphatic carbocycles. The third-order valence-electron chi connectivity index (χ3n) is 4.80. The van der Waals surface area contributed by atoms with E-state index in [4.69, 9.17) is 4.74 Å². The van der Waals surface area contributed by atoms with Crippen LogP contribution < -0.4 is 9.46 Å². The number of sulfonamides is 1. The van der Waals surface area contributed by atoms with Crippen molar-refractivity contribution in [2.45, 2.75) is 11.8 Å². The van der Waals surface area contributed by atoms with Crippen LogP contribution in [0.4, 0.5) is 5.69 Å². The second-order valence-corrected chi connectivity index (χ2v) is 8.54. The van der Waals surface area contributed by atoms with Crippen LogP contribution in [-0.4, -0.2) is 36.2 Å². The Morgan fingerprint density at radius 1 is 0.875 bits per heavy atom. The standard InChI is InChI=1S/C22H15NO8S/c1-11(24)31-16-8-4-5-9-17(16)32(29,30)23-15-10-14-18(22(28)21(15)27)20(26)13-7-3-2-6-12(13)19(14)25/h2-10,23,27-28H,1H3. The lowest BCUT2D eigenvalue weighted by Crippen LogP contribution is -2.22. The molecule has 0 fully saturated rings. The van der Waals surface area contributed by atoms with Gasteiger partial charge in [0.2, 0.25) is 0 Å². The minimum atomic E-state index is -4.44. The maximum atomic E-state index is 12.9. The first-order valence-corrected chi connectivity index (χ1v) is 10.7. The summed E-state index contributed by atoms with van der Waals surface area (Å²) in [6.45, 7) is 1.10. The van der Waals surface area contributed by atoms with Crippen LogP contribution in [0, 0.1) is 0 Å². The van der Waals surface area contributed by atoms with Crippen LogP contribution in [0.2, 0.25) is 0 Å². The predicted molar refractivity (Wildman–Crippen MR) is 112 cm³/mol. The van der Waals surface area contributed by atoms with Gasteiger partial charge in [0.05, 0.1) is 11.3 Å². The van der Waals surface area contributed by atoms with Crippen LogP contribution in [-0.2, 0) is 14.8 Å². The van der Waals surface area contributed by atoms with Crippen LogP contribution in [0.3, 0.4) is 0 Å². The number of esters is 1. The van der Waals surface area contributed by atoms with Gasteiger partial charge in [0.15, 0.2) is 28.8 Å². The molecule has 9 nitrogen and oxygen atoms in total. The van der Waals surface area contributed by atoms with E-state index in [9.17, 15) is 33.0 Å². The number of aromatic hydroxyl groups is 2. The van der Waals surface area contributed by atoms with Gasteiger partial charge in [-0.15, -0.1) is 0 Å². The molecule has 0 spiro atoms. The second kappa shape index (κ2) is 7.50. The van der Waals surface area contributed by atoms with Gasteiger partial charge in [-0.05, 0) is 18.2 Å². The van der Waals surface area contributed by atoms with E-state index >= 15 is 0 Å². The molecule has 0 aromatic heterocycles. The lowest BCUT2D eigenvalue weighted by Gasteiger charge is -2.21. The van der Waals surface area contributed by atoms with Crippen LogP contribution in [0.25, 0.3) is 0 Å². The Hall–Kier alpha value is -4.18. The minimum absolute atomic E-state index is 0.0586. The Morgan fingerprint density at radius 3 is 2.12 bits per heavy atom. The van der Waals surface area contributed by atoms with Crippen molar-refractivity contribution in [2.75, 3.05) is 4.72 Å². The van der Waals surface area contributed by atoms with Crippen molar-refractivity contribution >= 4 is 33.2 Å². The van der Waals surface area contributed by atoms with E-state index in [1.165, 1.54) is 36.4 Å². The number of anilines is 1. The van der Waals surface area contributed by atoms with Crippen molar-refractivity contribution < 1.29 is 37.8 Å². The van der Waals surface area contributed by atoms with Gasteiger partial charge in [-0.25, -0.2) is 8.42 Å². The maximum absolute atomic E-state index is 12.9. The number of nitrogens with one attached hydrogen (secondary N) is 1. The molecule has 0 aliphatic heterocycles. The molecule has 0 radical (unpaired) electrons. The van der Waals surface area contributed by atoms with E-state index in [1.807, 2.05) is 0 Å². The Balaban J connectivity index is 1.82. The van der Waals surface area contributed by atoms with Crippen molar-refractivity contribution in [1.29, 1.82) is 0 Å². The molecule has 1 aliphatic rings. The lowest BCUT2D eigenvalue weighted by atomic mass is 9.83. The third kappa shape index (κ3) is 3.36. The Morgan fingerprint density at radius 2 is 1.47 bits per heavy atom. The van der Waals surface area contributed by atoms with E-state index in [0.29, 0.717) is 0 Å². The number of fused-ring (bicyclic) bond motifs is 2. The SMILES string of the molecule is CC(=O)Oc1ccccc1S(=O)(=O)Nc1cc2c(c(O)c1O)C(=O)c1ccccc1C2=O. The number of ether oxygens (including phenoxy) is 1. The second-order valence-electron chi connectivity index (χ2n) is 6.89. The first kappa shape index (κ1) is 21.1. The largest absolute Gasteiger partial charge is 0.504 e. The minimum Gasteiger partial charge on any atom is -0.504 e. The van der Waals surface area contributed by atoms with Gasteiger partial charge in [0.25, 0.3) is 10.0 Å². The van der Waals surface area contributed by atoms with Crippen LogP contribution in [0.1, 0.15) is 38.8 Å². The molecular formula is C22H15NO8S. The first-order chi connectivity index (χ1) is 15.1. The summed E-state index contributed by atoms with van der Waals surface area (Å²) in [6.07, 6.45) is 0. The molecule has 0 unspecified atom stereocenters. The van der Waals surface area contributed by atoms with Crippen LogP contribution in [0.5, 0.6) is 17.2 Å². The summed E-state index contributed by atoms with van der Waals surface area (Å²) < 4.78 is 32.9. The molecule has 0 saturated carbocycles. The molecule has 0 saturated heterocycles.